The van der Waals surface area contributed by atoms with E-state index < -0.39 is 0 Å². The molecule has 0 aliphatic carbocycles. The average Bonchev–Trinajstić information content (AvgIpc) is 2.91. The number of carbonyl (C=O) groups excluding carboxylic acids is 4. The van der Waals surface area contributed by atoms with Gasteiger partial charge in [-0.3, -0.25) is 19.2 Å². The van der Waals surface area contributed by atoms with Gasteiger partial charge in [-0.15, -0.1) is 0 Å². The van der Waals surface area contributed by atoms with E-state index in [0.717, 1.165) is 58.5 Å². The van der Waals surface area contributed by atoms with Crippen LogP contribution in [0.2, 0.25) is 0 Å². The fraction of sp³-hybridized carbons (Fsp3) is 0.0968. The molecule has 178 valence electrons. The highest BCUT2D eigenvalue weighted by molar-refractivity contribution is 5.77. The highest BCUT2D eigenvalue weighted by Crippen LogP contribution is 2.02. The zero-order valence-corrected chi connectivity index (χ0v) is 20.3. The Morgan fingerprint density at radius 2 is 0.943 bits per heavy atom. The van der Waals surface area contributed by atoms with Gasteiger partial charge in [-0.1, -0.05) is 108 Å². The molecule has 0 bridgehead atoms. The summed E-state index contributed by atoms with van der Waals surface area (Å²) >= 11 is 0. The van der Waals surface area contributed by atoms with Crippen LogP contribution >= 0.6 is 0 Å². The molecule has 0 aliphatic heterocycles. The van der Waals surface area contributed by atoms with Gasteiger partial charge in [0.15, 0.2) is 0 Å². The number of benzene rings is 4. The number of rotatable bonds is 4. The highest BCUT2D eigenvalue weighted by Gasteiger charge is 1.90. The lowest BCUT2D eigenvalue weighted by Gasteiger charge is -1.92. The topological polar surface area (TPSA) is 68.3 Å². The van der Waals surface area contributed by atoms with Crippen LogP contribution in [0.3, 0.4) is 0 Å². The molecule has 0 aromatic heterocycles. The zero-order valence-electron chi connectivity index (χ0n) is 20.3. The Balaban J connectivity index is 0.000000234. The summed E-state index contributed by atoms with van der Waals surface area (Å²) in [5, 5.41) is 0. The molecule has 0 fully saturated rings. The third-order valence-electron chi connectivity index (χ3n) is 4.64. The Morgan fingerprint density at radius 1 is 0.429 bits per heavy atom. The predicted molar refractivity (Wildman–Crippen MR) is 142 cm³/mol. The van der Waals surface area contributed by atoms with Crippen LogP contribution in [0.1, 0.15) is 58.1 Å². The van der Waals surface area contributed by atoms with Gasteiger partial charge in [-0.05, 0) is 32.4 Å². The lowest BCUT2D eigenvalue weighted by molar-refractivity contribution is 0.111. The molecule has 0 N–H and O–H groups in total. The highest BCUT2D eigenvalue weighted by atomic mass is 16.1. The largest absolute Gasteiger partial charge is 0.298 e. The average molecular weight is 467 g/mol. The first-order valence-corrected chi connectivity index (χ1v) is 11.0. The molecule has 0 radical (unpaired) electrons. The van der Waals surface area contributed by atoms with E-state index in [1.807, 2.05) is 106 Å². The molecule has 0 heterocycles. The van der Waals surface area contributed by atoms with E-state index in [2.05, 4.69) is 0 Å². The van der Waals surface area contributed by atoms with E-state index in [1.165, 1.54) is 5.56 Å². The first-order valence-electron chi connectivity index (χ1n) is 11.0. The summed E-state index contributed by atoms with van der Waals surface area (Å²) in [6.45, 7) is 5.88. The first-order chi connectivity index (χ1) is 16.9. The number of aryl methyl sites for hydroxylation is 3. The van der Waals surface area contributed by atoms with Gasteiger partial charge in [0.25, 0.3) is 0 Å². The summed E-state index contributed by atoms with van der Waals surface area (Å²) in [6, 6.07) is 31.5. The maximum absolute atomic E-state index is 10.2. The third kappa shape index (κ3) is 12.4. The third-order valence-corrected chi connectivity index (χ3v) is 4.64. The van der Waals surface area contributed by atoms with Crippen molar-refractivity contribution in [3.05, 3.63) is 142 Å². The van der Waals surface area contributed by atoms with E-state index in [4.69, 9.17) is 0 Å². The van der Waals surface area contributed by atoms with Crippen molar-refractivity contribution >= 4 is 25.1 Å². The van der Waals surface area contributed by atoms with Crippen LogP contribution in [0.4, 0.5) is 0 Å². The Bertz CT molecular complexity index is 1180. The van der Waals surface area contributed by atoms with E-state index in [0.29, 0.717) is 0 Å². The maximum Gasteiger partial charge on any atom is 0.150 e. The van der Waals surface area contributed by atoms with Crippen molar-refractivity contribution in [2.75, 3.05) is 0 Å². The van der Waals surface area contributed by atoms with Crippen LogP contribution in [0.15, 0.2) is 103 Å². The SMILES string of the molecule is Cc1ccc(C=O)cc1.Cc1cccc(C=O)c1.Cc1ccccc1C=O.O=Cc1ccccc1. The van der Waals surface area contributed by atoms with Gasteiger partial charge in [0.1, 0.15) is 25.1 Å². The molecule has 0 saturated carbocycles. The minimum absolute atomic E-state index is 0.729. The van der Waals surface area contributed by atoms with Crippen LogP contribution in [0.5, 0.6) is 0 Å². The molecular weight excluding hydrogens is 436 g/mol. The summed E-state index contributed by atoms with van der Waals surface area (Å²) < 4.78 is 0. The summed E-state index contributed by atoms with van der Waals surface area (Å²) in [7, 11) is 0. The Labute approximate surface area is 207 Å². The van der Waals surface area contributed by atoms with Gasteiger partial charge in [-0.25, -0.2) is 0 Å². The number of aldehydes is 4. The van der Waals surface area contributed by atoms with Gasteiger partial charge < -0.3 is 0 Å². The van der Waals surface area contributed by atoms with Gasteiger partial charge in [0, 0.05) is 22.3 Å². The van der Waals surface area contributed by atoms with Crippen LogP contribution < -0.4 is 0 Å². The lowest BCUT2D eigenvalue weighted by atomic mass is 10.1. The fourth-order valence-corrected chi connectivity index (χ4v) is 2.64. The molecule has 0 spiro atoms. The summed E-state index contributed by atoms with van der Waals surface area (Å²) in [5.41, 5.74) is 6.33. The normalized spacial score (nSPS) is 8.89. The second-order valence-corrected chi connectivity index (χ2v) is 7.56. The molecule has 4 nitrogen and oxygen atoms in total. The monoisotopic (exact) mass is 466 g/mol. The van der Waals surface area contributed by atoms with E-state index in [-0.39, 0.29) is 0 Å². The molecule has 4 rings (SSSR count). The Hall–Kier alpha value is -4.44. The summed E-state index contributed by atoms with van der Waals surface area (Å²) in [4.78, 5) is 40.5. The second-order valence-electron chi connectivity index (χ2n) is 7.56. The van der Waals surface area contributed by atoms with Crippen molar-refractivity contribution in [1.29, 1.82) is 0 Å². The van der Waals surface area contributed by atoms with Crippen LogP contribution in [0.25, 0.3) is 0 Å². The van der Waals surface area contributed by atoms with Crippen molar-refractivity contribution in [3.8, 4) is 0 Å². The van der Waals surface area contributed by atoms with E-state index >= 15 is 0 Å². The van der Waals surface area contributed by atoms with Crippen molar-refractivity contribution in [2.24, 2.45) is 0 Å². The van der Waals surface area contributed by atoms with Gasteiger partial charge in [0.05, 0.1) is 0 Å². The molecule has 4 aromatic rings. The standard InChI is InChI=1S/3C8H8O.C7H6O/c1-7-2-4-8(6-9)5-3-7;1-7-3-2-4-8(5-7)6-9;1-7-4-2-3-5-8(7)6-9;8-6-7-4-2-1-3-5-7/h3*2-6H,1H3;1-6H. The molecule has 0 saturated heterocycles. The summed E-state index contributed by atoms with van der Waals surface area (Å²) in [6.07, 6.45) is 3.40. The van der Waals surface area contributed by atoms with Crippen molar-refractivity contribution in [3.63, 3.8) is 0 Å². The van der Waals surface area contributed by atoms with Crippen LogP contribution in [0, 0.1) is 20.8 Å². The Morgan fingerprint density at radius 3 is 1.37 bits per heavy atom. The molecule has 0 aliphatic rings. The molecule has 4 aromatic carbocycles. The van der Waals surface area contributed by atoms with Crippen LogP contribution in [-0.2, 0) is 0 Å². The van der Waals surface area contributed by atoms with Crippen molar-refractivity contribution in [2.45, 2.75) is 20.8 Å². The minimum Gasteiger partial charge on any atom is -0.298 e. The fourth-order valence-electron chi connectivity index (χ4n) is 2.64. The van der Waals surface area contributed by atoms with E-state index in [1.54, 1.807) is 18.2 Å². The maximum atomic E-state index is 10.2. The molecule has 4 heteroatoms. The molecular formula is C31H30O4. The number of hydrogen-bond donors (Lipinski definition) is 0. The second kappa shape index (κ2) is 17.1. The zero-order chi connectivity index (χ0) is 25.9. The lowest BCUT2D eigenvalue weighted by Crippen LogP contribution is -1.82. The molecule has 35 heavy (non-hydrogen) atoms. The number of hydrogen-bond acceptors (Lipinski definition) is 4. The molecule has 0 atom stereocenters. The van der Waals surface area contributed by atoms with Gasteiger partial charge in [0.2, 0.25) is 0 Å². The molecule has 0 amide bonds. The van der Waals surface area contributed by atoms with Gasteiger partial charge >= 0.3 is 0 Å². The smallest absolute Gasteiger partial charge is 0.150 e. The predicted octanol–water partition coefficient (Wildman–Crippen LogP) is 6.92. The quantitative estimate of drug-likeness (QED) is 0.306. The Kier molecular flexibility index (Phi) is 14.0. The number of carbonyl (C=O) groups is 4. The van der Waals surface area contributed by atoms with Crippen LogP contribution in [-0.4, -0.2) is 25.1 Å². The summed E-state index contributed by atoms with van der Waals surface area (Å²) in [5.74, 6) is 0. The van der Waals surface area contributed by atoms with E-state index in [9.17, 15) is 19.2 Å². The van der Waals surface area contributed by atoms with Gasteiger partial charge in [-0.2, -0.15) is 0 Å². The first kappa shape index (κ1) is 28.6. The van der Waals surface area contributed by atoms with Crippen molar-refractivity contribution in [1.82, 2.24) is 0 Å². The van der Waals surface area contributed by atoms with Crippen molar-refractivity contribution < 1.29 is 19.2 Å². The molecule has 0 unspecified atom stereocenters. The minimum atomic E-state index is 0.729.